The zero-order chi connectivity index (χ0) is 18.6. The van der Waals surface area contributed by atoms with Crippen LogP contribution in [0.3, 0.4) is 0 Å². The summed E-state index contributed by atoms with van der Waals surface area (Å²) in [6.07, 6.45) is 6.18. The number of nitrogens with zero attached hydrogens (tertiary/aromatic N) is 7. The Morgan fingerprint density at radius 1 is 1.37 bits per heavy atom. The summed E-state index contributed by atoms with van der Waals surface area (Å²) < 4.78 is 1.70. The van der Waals surface area contributed by atoms with Crippen molar-refractivity contribution in [1.82, 2.24) is 29.9 Å². The molecule has 0 saturated carbocycles. The molecule has 0 radical (unpaired) electrons. The first kappa shape index (κ1) is 17.3. The van der Waals surface area contributed by atoms with E-state index in [2.05, 4.69) is 35.6 Å². The number of rotatable bonds is 7. The fourth-order valence-electron chi connectivity index (χ4n) is 2.69. The molecule has 27 heavy (non-hydrogen) atoms. The molecule has 4 aromatic rings. The highest BCUT2D eigenvalue weighted by Gasteiger charge is 2.15. The lowest BCUT2D eigenvalue weighted by Gasteiger charge is -2.06. The van der Waals surface area contributed by atoms with Crippen molar-refractivity contribution < 1.29 is 5.11 Å². The molecule has 0 fully saturated rings. The van der Waals surface area contributed by atoms with Crippen LogP contribution in [-0.2, 0) is 6.54 Å². The summed E-state index contributed by atoms with van der Waals surface area (Å²) in [5.41, 5.74) is 2.68. The second-order valence-corrected chi connectivity index (χ2v) is 6.64. The fraction of sp³-hybridized carbons (Fsp3) is 0.235. The molecule has 9 nitrogen and oxygen atoms in total. The number of thiophene rings is 1. The summed E-state index contributed by atoms with van der Waals surface area (Å²) >= 11 is 1.59. The summed E-state index contributed by atoms with van der Waals surface area (Å²) in [6.45, 7) is 0.763. The van der Waals surface area contributed by atoms with Gasteiger partial charge in [0.1, 0.15) is 4.83 Å². The number of pyridine rings is 1. The molecule has 0 aromatic carbocycles. The van der Waals surface area contributed by atoms with E-state index in [4.69, 9.17) is 10.5 Å². The minimum absolute atomic E-state index is 0.0356. The summed E-state index contributed by atoms with van der Waals surface area (Å²) in [5, 5.41) is 27.9. The predicted molar refractivity (Wildman–Crippen MR) is 104 cm³/mol. The summed E-state index contributed by atoms with van der Waals surface area (Å²) in [4.78, 5) is 18.3. The number of nitrogens with one attached hydrogen (secondary N) is 1. The maximum atomic E-state index is 8.85. The molecule has 2 N–H and O–H groups in total. The van der Waals surface area contributed by atoms with Crippen molar-refractivity contribution in [2.75, 3.05) is 13.2 Å². The van der Waals surface area contributed by atoms with Gasteiger partial charge in [-0.05, 0) is 17.0 Å². The van der Waals surface area contributed by atoms with Crippen LogP contribution in [0.1, 0.15) is 17.2 Å². The van der Waals surface area contributed by atoms with Crippen LogP contribution in [0.4, 0.5) is 0 Å². The van der Waals surface area contributed by atoms with E-state index in [-0.39, 0.29) is 6.61 Å². The van der Waals surface area contributed by atoms with Crippen LogP contribution < -0.4 is 0 Å². The third-order valence-electron chi connectivity index (χ3n) is 4.01. The quantitative estimate of drug-likeness (QED) is 0.470. The molecule has 10 heteroatoms. The van der Waals surface area contributed by atoms with Crippen molar-refractivity contribution >= 4 is 45.3 Å². The first-order valence-corrected chi connectivity index (χ1v) is 9.16. The number of hydrogen-bond acceptors (Lipinski definition) is 9. The summed E-state index contributed by atoms with van der Waals surface area (Å²) in [5.74, 6) is -0.414. The average Bonchev–Trinajstić information content (AvgIpc) is 3.30. The van der Waals surface area contributed by atoms with E-state index < -0.39 is 5.92 Å². The molecule has 0 aliphatic carbocycles. The highest BCUT2D eigenvalue weighted by molar-refractivity contribution is 7.16. The standard InChI is InChI=1S/C17H16N8OS/c18-6-11(7-19-4-5-26)14-8-21-15-16(22-14)25(24-23-15)9-12-10-27-17-13(12)2-1-3-20-17/h1-3,6-8,10-11,18,26H,4-5,9H2. The van der Waals surface area contributed by atoms with Crippen LogP contribution in [0.5, 0.6) is 0 Å². The molecule has 4 heterocycles. The first-order chi connectivity index (χ1) is 13.3. The number of aliphatic hydroxyl groups is 1. The van der Waals surface area contributed by atoms with Gasteiger partial charge in [0.15, 0.2) is 5.65 Å². The van der Waals surface area contributed by atoms with Crippen LogP contribution >= 0.6 is 11.3 Å². The zero-order valence-electron chi connectivity index (χ0n) is 14.2. The van der Waals surface area contributed by atoms with Crippen molar-refractivity contribution in [2.24, 2.45) is 4.99 Å². The normalized spacial score (nSPS) is 12.9. The van der Waals surface area contributed by atoms with Crippen molar-refractivity contribution in [3.05, 3.63) is 41.2 Å². The molecule has 4 aromatic heterocycles. The number of aliphatic imine (C=N–C) groups is 1. The lowest BCUT2D eigenvalue weighted by Crippen LogP contribution is -2.08. The lowest BCUT2D eigenvalue weighted by molar-refractivity contribution is 0.307. The van der Waals surface area contributed by atoms with Crippen LogP contribution in [0.2, 0.25) is 0 Å². The van der Waals surface area contributed by atoms with E-state index in [9.17, 15) is 0 Å². The molecule has 1 atom stereocenters. The molecule has 136 valence electrons. The molecule has 0 saturated heterocycles. The maximum Gasteiger partial charge on any atom is 0.221 e. The second kappa shape index (κ2) is 7.64. The lowest BCUT2D eigenvalue weighted by atomic mass is 10.1. The van der Waals surface area contributed by atoms with E-state index in [0.29, 0.717) is 30.1 Å². The average molecular weight is 380 g/mol. The first-order valence-electron chi connectivity index (χ1n) is 8.29. The summed E-state index contributed by atoms with van der Waals surface area (Å²) in [6, 6.07) is 3.95. The van der Waals surface area contributed by atoms with Gasteiger partial charge in [0, 0.05) is 24.0 Å². The largest absolute Gasteiger partial charge is 0.394 e. The van der Waals surface area contributed by atoms with Crippen LogP contribution in [0.25, 0.3) is 21.5 Å². The molecule has 0 bridgehead atoms. The number of fused-ring (bicyclic) bond motifs is 2. The van der Waals surface area contributed by atoms with Gasteiger partial charge in [-0.3, -0.25) is 4.99 Å². The van der Waals surface area contributed by atoms with Gasteiger partial charge in [-0.15, -0.1) is 16.4 Å². The Balaban J connectivity index is 1.68. The Morgan fingerprint density at radius 2 is 2.30 bits per heavy atom. The van der Waals surface area contributed by atoms with Crippen molar-refractivity contribution in [3.63, 3.8) is 0 Å². The maximum absolute atomic E-state index is 8.85. The van der Waals surface area contributed by atoms with E-state index in [1.165, 1.54) is 6.21 Å². The highest BCUT2D eigenvalue weighted by Crippen LogP contribution is 2.25. The van der Waals surface area contributed by atoms with Gasteiger partial charge in [0.05, 0.1) is 37.5 Å². The molecule has 0 spiro atoms. The van der Waals surface area contributed by atoms with E-state index >= 15 is 0 Å². The third-order valence-corrected chi connectivity index (χ3v) is 4.96. The van der Waals surface area contributed by atoms with Gasteiger partial charge < -0.3 is 10.5 Å². The molecule has 0 amide bonds. The van der Waals surface area contributed by atoms with Gasteiger partial charge in [0.25, 0.3) is 0 Å². The van der Waals surface area contributed by atoms with E-state index in [1.807, 2.05) is 12.1 Å². The Labute approximate surface area is 158 Å². The van der Waals surface area contributed by atoms with Gasteiger partial charge in [-0.2, -0.15) is 0 Å². The SMILES string of the molecule is N=CC(C=NCCO)c1cnc2nnn(Cc3csc4ncccc34)c2n1. The minimum atomic E-state index is -0.414. The number of aromatic nitrogens is 6. The highest BCUT2D eigenvalue weighted by atomic mass is 32.1. The molecule has 0 aliphatic heterocycles. The van der Waals surface area contributed by atoms with Crippen molar-refractivity contribution in [1.29, 1.82) is 5.41 Å². The Hall–Kier alpha value is -3.11. The number of aliphatic hydroxyl groups excluding tert-OH is 1. The third kappa shape index (κ3) is 3.44. The van der Waals surface area contributed by atoms with Gasteiger partial charge in [0.2, 0.25) is 5.65 Å². The Bertz CT molecular complexity index is 1120. The van der Waals surface area contributed by atoms with Gasteiger partial charge in [-0.1, -0.05) is 11.3 Å². The topological polar surface area (TPSA) is 126 Å². The van der Waals surface area contributed by atoms with Gasteiger partial charge in [-0.25, -0.2) is 19.6 Å². The van der Waals surface area contributed by atoms with Crippen molar-refractivity contribution in [3.8, 4) is 0 Å². The predicted octanol–water partition coefficient (Wildman–Crippen LogP) is 1.68. The van der Waals surface area contributed by atoms with Crippen molar-refractivity contribution in [2.45, 2.75) is 12.5 Å². The Morgan fingerprint density at radius 3 is 3.15 bits per heavy atom. The molecule has 0 aliphatic rings. The second-order valence-electron chi connectivity index (χ2n) is 5.78. The van der Waals surface area contributed by atoms with E-state index in [1.54, 1.807) is 34.6 Å². The Kier molecular flexibility index (Phi) is 4.90. The number of hydrogen-bond donors (Lipinski definition) is 2. The monoisotopic (exact) mass is 380 g/mol. The molecular weight excluding hydrogens is 364 g/mol. The minimum Gasteiger partial charge on any atom is -0.394 e. The summed E-state index contributed by atoms with van der Waals surface area (Å²) in [7, 11) is 0. The smallest absolute Gasteiger partial charge is 0.221 e. The van der Waals surface area contributed by atoms with E-state index in [0.717, 1.165) is 15.8 Å². The molecule has 1 unspecified atom stereocenters. The fourth-order valence-corrected chi connectivity index (χ4v) is 3.59. The zero-order valence-corrected chi connectivity index (χ0v) is 15.0. The molecule has 4 rings (SSSR count). The molecular formula is C17H16N8OS. The van der Waals surface area contributed by atoms with Crippen LogP contribution in [0, 0.1) is 5.41 Å². The van der Waals surface area contributed by atoms with Gasteiger partial charge >= 0.3 is 0 Å². The van der Waals surface area contributed by atoms with Crippen LogP contribution in [0.15, 0.2) is 34.9 Å². The van der Waals surface area contributed by atoms with Crippen LogP contribution in [-0.4, -0.2) is 60.6 Å².